The van der Waals surface area contributed by atoms with Crippen molar-refractivity contribution in [3.63, 3.8) is 0 Å². The Morgan fingerprint density at radius 3 is 2.25 bits per heavy atom. The van der Waals surface area contributed by atoms with Crippen LogP contribution in [0.5, 0.6) is 5.75 Å². The lowest BCUT2D eigenvalue weighted by molar-refractivity contribution is -0.385. The summed E-state index contributed by atoms with van der Waals surface area (Å²) in [6.07, 6.45) is -4.62. The summed E-state index contributed by atoms with van der Waals surface area (Å²) in [7, 11) is 1.25. The van der Waals surface area contributed by atoms with E-state index in [2.05, 4.69) is 10.1 Å². The number of aryl methyl sites for hydroxylation is 3. The molecule has 0 fully saturated rings. The van der Waals surface area contributed by atoms with Crippen LogP contribution in [0.25, 0.3) is 0 Å². The Labute approximate surface area is 182 Å². The maximum Gasteiger partial charge on any atom is 0.422 e. The molecule has 0 heterocycles. The average molecular weight is 453 g/mol. The summed E-state index contributed by atoms with van der Waals surface area (Å²) in [4.78, 5) is 36.6. The number of nitro groups is 1. The fraction of sp³-hybridized carbons (Fsp3) is 0.333. The van der Waals surface area contributed by atoms with Crippen molar-refractivity contribution >= 4 is 23.2 Å². The van der Waals surface area contributed by atoms with Gasteiger partial charge < -0.3 is 15.0 Å². The Bertz CT molecular complexity index is 1030. The number of hydrogen-bond donors (Lipinski definition) is 1. The number of anilines is 1. The molecule has 0 atom stereocenters. The number of carbonyl (C=O) groups excluding carboxylic acids is 2. The van der Waals surface area contributed by atoms with E-state index >= 15 is 0 Å². The maximum atomic E-state index is 12.8. The molecule has 2 amide bonds. The predicted molar refractivity (Wildman–Crippen MR) is 111 cm³/mol. The fourth-order valence-electron chi connectivity index (χ4n) is 3.15. The maximum absolute atomic E-state index is 12.8. The molecule has 0 aliphatic heterocycles. The van der Waals surface area contributed by atoms with Crippen LogP contribution in [0, 0.1) is 30.9 Å². The Morgan fingerprint density at radius 1 is 1.12 bits per heavy atom. The minimum atomic E-state index is -4.62. The van der Waals surface area contributed by atoms with Crippen LogP contribution in [-0.4, -0.2) is 48.0 Å². The van der Waals surface area contributed by atoms with E-state index in [1.165, 1.54) is 7.05 Å². The van der Waals surface area contributed by atoms with Gasteiger partial charge >= 0.3 is 6.18 Å². The van der Waals surface area contributed by atoms with Gasteiger partial charge in [-0.25, -0.2) is 0 Å². The molecule has 0 saturated heterocycles. The number of nitrogens with one attached hydrogen (secondary N) is 1. The van der Waals surface area contributed by atoms with Crippen molar-refractivity contribution in [1.82, 2.24) is 4.90 Å². The Balaban J connectivity index is 2.20. The van der Waals surface area contributed by atoms with Crippen LogP contribution in [0.15, 0.2) is 30.3 Å². The lowest BCUT2D eigenvalue weighted by Crippen LogP contribution is -2.35. The Hall–Kier alpha value is -3.63. The summed E-state index contributed by atoms with van der Waals surface area (Å²) in [5, 5.41) is 14.0. The van der Waals surface area contributed by atoms with Crippen LogP contribution in [-0.2, 0) is 4.79 Å². The molecule has 0 spiro atoms. The number of halogens is 3. The SMILES string of the molecule is Cc1cc(C)c(NC(=O)CN(C)C(=O)c2cc(OCC(F)(F)F)ccc2[N+](=O)[O-])c(C)c1. The number of hydrogen-bond acceptors (Lipinski definition) is 5. The highest BCUT2D eigenvalue weighted by Crippen LogP contribution is 2.27. The monoisotopic (exact) mass is 453 g/mol. The van der Waals surface area contributed by atoms with Crippen molar-refractivity contribution in [2.45, 2.75) is 26.9 Å². The molecular formula is C21H22F3N3O5. The molecule has 32 heavy (non-hydrogen) atoms. The molecule has 2 aromatic carbocycles. The first kappa shape index (κ1) is 24.6. The highest BCUT2D eigenvalue weighted by molar-refractivity contribution is 6.02. The van der Waals surface area contributed by atoms with E-state index in [0.29, 0.717) is 5.69 Å². The second kappa shape index (κ2) is 9.67. The third-order valence-corrected chi connectivity index (χ3v) is 4.47. The lowest BCUT2D eigenvalue weighted by Gasteiger charge is -2.19. The van der Waals surface area contributed by atoms with Crippen LogP contribution >= 0.6 is 0 Å². The van der Waals surface area contributed by atoms with E-state index in [9.17, 15) is 32.9 Å². The van der Waals surface area contributed by atoms with Gasteiger partial charge in [-0.2, -0.15) is 13.2 Å². The number of likely N-dealkylation sites (N-methyl/N-ethyl adjacent to an activating group) is 1. The van der Waals surface area contributed by atoms with Crippen LogP contribution < -0.4 is 10.1 Å². The highest BCUT2D eigenvalue weighted by Gasteiger charge is 2.30. The summed E-state index contributed by atoms with van der Waals surface area (Å²) < 4.78 is 41.7. The van der Waals surface area contributed by atoms with Crippen molar-refractivity contribution in [2.24, 2.45) is 0 Å². The molecule has 8 nitrogen and oxygen atoms in total. The zero-order chi connectivity index (χ0) is 24.2. The molecular weight excluding hydrogens is 431 g/mol. The Kier molecular flexibility index (Phi) is 7.44. The predicted octanol–water partition coefficient (Wildman–Crippen LogP) is 4.17. The highest BCUT2D eigenvalue weighted by atomic mass is 19.4. The van der Waals surface area contributed by atoms with Crippen molar-refractivity contribution in [3.8, 4) is 5.75 Å². The lowest BCUT2D eigenvalue weighted by atomic mass is 10.1. The van der Waals surface area contributed by atoms with Gasteiger partial charge in [-0.05, 0) is 44.0 Å². The van der Waals surface area contributed by atoms with Gasteiger partial charge in [0.2, 0.25) is 5.91 Å². The van der Waals surface area contributed by atoms with Crippen LogP contribution in [0.1, 0.15) is 27.0 Å². The van der Waals surface area contributed by atoms with Crippen molar-refractivity contribution < 1.29 is 32.4 Å². The summed E-state index contributed by atoms with van der Waals surface area (Å²) in [5.41, 5.74) is 2.16. The number of ether oxygens (including phenoxy) is 1. The van der Waals surface area contributed by atoms with E-state index in [1.807, 2.05) is 32.9 Å². The number of amides is 2. The van der Waals surface area contributed by atoms with Crippen molar-refractivity contribution in [1.29, 1.82) is 0 Å². The first-order valence-corrected chi connectivity index (χ1v) is 9.39. The van der Waals surface area contributed by atoms with Gasteiger partial charge in [-0.15, -0.1) is 0 Å². The van der Waals surface area contributed by atoms with E-state index in [0.717, 1.165) is 39.8 Å². The minimum absolute atomic E-state index is 0.361. The second-order valence-electron chi connectivity index (χ2n) is 7.32. The standard InChI is InChI=1S/C21H22F3N3O5/c1-12-7-13(2)19(14(3)8-12)25-18(28)10-26(4)20(29)16-9-15(32-11-21(22,23)24)5-6-17(16)27(30)31/h5-9H,10-11H2,1-4H3,(H,25,28). The molecule has 11 heteroatoms. The first-order chi connectivity index (χ1) is 14.8. The molecule has 0 aliphatic carbocycles. The number of nitro benzene ring substituents is 1. The zero-order valence-electron chi connectivity index (χ0n) is 17.9. The average Bonchev–Trinajstić information content (AvgIpc) is 2.67. The largest absolute Gasteiger partial charge is 0.484 e. The first-order valence-electron chi connectivity index (χ1n) is 9.39. The normalized spacial score (nSPS) is 11.1. The number of alkyl halides is 3. The summed E-state index contributed by atoms with van der Waals surface area (Å²) in [6.45, 7) is 3.50. The minimum Gasteiger partial charge on any atom is -0.484 e. The third kappa shape index (κ3) is 6.43. The fourth-order valence-corrected chi connectivity index (χ4v) is 3.15. The molecule has 172 valence electrons. The van der Waals surface area contributed by atoms with Gasteiger partial charge in [0.15, 0.2) is 6.61 Å². The van der Waals surface area contributed by atoms with Gasteiger partial charge in [-0.3, -0.25) is 19.7 Å². The number of nitrogens with zero attached hydrogens (tertiary/aromatic N) is 2. The van der Waals surface area contributed by atoms with Crippen molar-refractivity contribution in [2.75, 3.05) is 25.5 Å². The summed E-state index contributed by atoms with van der Waals surface area (Å²) in [6, 6.07) is 6.47. The van der Waals surface area contributed by atoms with Gasteiger partial charge in [0.25, 0.3) is 11.6 Å². The quantitative estimate of drug-likeness (QED) is 0.501. The van der Waals surface area contributed by atoms with Gasteiger partial charge in [0.1, 0.15) is 11.3 Å². The second-order valence-corrected chi connectivity index (χ2v) is 7.32. The molecule has 0 radical (unpaired) electrons. The molecule has 0 unspecified atom stereocenters. The van der Waals surface area contributed by atoms with Crippen LogP contribution in [0.3, 0.4) is 0 Å². The third-order valence-electron chi connectivity index (χ3n) is 4.47. The van der Waals surface area contributed by atoms with Gasteiger partial charge in [0, 0.05) is 18.8 Å². The molecule has 2 aromatic rings. The molecule has 2 rings (SSSR count). The number of benzene rings is 2. The molecule has 0 bridgehead atoms. The zero-order valence-corrected chi connectivity index (χ0v) is 17.9. The van der Waals surface area contributed by atoms with Crippen LogP contribution in [0.4, 0.5) is 24.5 Å². The smallest absolute Gasteiger partial charge is 0.422 e. The summed E-state index contributed by atoms with van der Waals surface area (Å²) in [5.74, 6) is -1.82. The topological polar surface area (TPSA) is 102 Å². The molecule has 0 aromatic heterocycles. The Morgan fingerprint density at radius 2 is 1.72 bits per heavy atom. The van der Waals surface area contributed by atoms with Gasteiger partial charge in [-0.1, -0.05) is 17.7 Å². The summed E-state index contributed by atoms with van der Waals surface area (Å²) >= 11 is 0. The number of carbonyl (C=O) groups is 2. The molecule has 0 aliphatic rings. The number of rotatable bonds is 7. The van der Waals surface area contributed by atoms with Crippen LogP contribution in [0.2, 0.25) is 0 Å². The van der Waals surface area contributed by atoms with E-state index in [1.54, 1.807) is 0 Å². The van der Waals surface area contributed by atoms with Gasteiger partial charge in [0.05, 0.1) is 11.5 Å². The van der Waals surface area contributed by atoms with E-state index in [-0.39, 0.29) is 5.75 Å². The molecule has 0 saturated carbocycles. The molecule has 1 N–H and O–H groups in total. The van der Waals surface area contributed by atoms with Crippen molar-refractivity contribution in [3.05, 3.63) is 62.7 Å². The van der Waals surface area contributed by atoms with E-state index < -0.39 is 47.3 Å². The van der Waals surface area contributed by atoms with E-state index in [4.69, 9.17) is 0 Å².